The zero-order chi connectivity index (χ0) is 24.5. The Bertz CT molecular complexity index is 1300. The van der Waals surface area contributed by atoms with Crippen molar-refractivity contribution < 1.29 is 19.1 Å². The molecule has 0 aliphatic carbocycles. The largest absolute Gasteiger partial charge is 0.496 e. The molecule has 180 valence electrons. The standard InChI is InChI=1S/C25H25N5O4S/c1-15-10-17(16-6-3-4-7-20(16)34-2)18(11-26-15)24(33)28-25-27-19-12-30(13-21(19)35-25)23(32)14-29-9-5-8-22(29)31/h3-4,6-7,10-11H,5,8-9,12-14H2,1-2H3,(H,27,28,33). The number of amides is 3. The minimum absolute atomic E-state index is 0.0357. The molecule has 0 atom stereocenters. The summed E-state index contributed by atoms with van der Waals surface area (Å²) in [5, 5.41) is 3.37. The van der Waals surface area contributed by atoms with Crippen molar-refractivity contribution >= 4 is 34.2 Å². The van der Waals surface area contributed by atoms with E-state index in [4.69, 9.17) is 4.74 Å². The molecule has 2 aromatic heterocycles. The van der Waals surface area contributed by atoms with Crippen molar-refractivity contribution in [2.45, 2.75) is 32.9 Å². The Morgan fingerprint density at radius 2 is 2.03 bits per heavy atom. The number of hydrogen-bond donors (Lipinski definition) is 1. The summed E-state index contributed by atoms with van der Waals surface area (Å²) in [7, 11) is 1.60. The van der Waals surface area contributed by atoms with Crippen LogP contribution < -0.4 is 10.1 Å². The number of aryl methyl sites for hydroxylation is 1. The normalized spacial score (nSPS) is 14.9. The molecule has 0 unspecified atom stereocenters. The first kappa shape index (κ1) is 23.0. The summed E-state index contributed by atoms with van der Waals surface area (Å²) in [6.07, 6.45) is 2.88. The van der Waals surface area contributed by atoms with Gasteiger partial charge in [0.05, 0.1) is 42.9 Å². The van der Waals surface area contributed by atoms with E-state index in [0.717, 1.165) is 33.8 Å². The van der Waals surface area contributed by atoms with Gasteiger partial charge in [0.1, 0.15) is 5.75 Å². The van der Waals surface area contributed by atoms with Crippen LogP contribution in [0.2, 0.25) is 0 Å². The summed E-state index contributed by atoms with van der Waals surface area (Å²) in [6, 6.07) is 9.40. The molecule has 0 spiro atoms. The van der Waals surface area contributed by atoms with Gasteiger partial charge in [-0.2, -0.15) is 0 Å². The van der Waals surface area contributed by atoms with Crippen molar-refractivity contribution in [2.24, 2.45) is 0 Å². The maximum Gasteiger partial charge on any atom is 0.259 e. The first-order valence-corrected chi connectivity index (χ1v) is 12.2. The second kappa shape index (κ2) is 9.46. The first-order valence-electron chi connectivity index (χ1n) is 11.4. The van der Waals surface area contributed by atoms with Gasteiger partial charge in [0.15, 0.2) is 5.13 Å². The number of carbonyl (C=O) groups is 3. The van der Waals surface area contributed by atoms with Crippen LogP contribution in [0.3, 0.4) is 0 Å². The molecule has 0 bridgehead atoms. The number of likely N-dealkylation sites (tertiary alicyclic amines) is 1. The lowest BCUT2D eigenvalue weighted by atomic mass is 9.99. The van der Waals surface area contributed by atoms with Crippen LogP contribution in [0.5, 0.6) is 5.75 Å². The van der Waals surface area contributed by atoms with Crippen molar-refractivity contribution in [3.63, 3.8) is 0 Å². The molecular formula is C25H25N5O4S. The number of aromatic nitrogens is 2. The molecule has 3 aromatic rings. The second-order valence-electron chi connectivity index (χ2n) is 8.58. The predicted molar refractivity (Wildman–Crippen MR) is 131 cm³/mol. The fourth-order valence-electron chi connectivity index (χ4n) is 4.40. The van der Waals surface area contributed by atoms with Crippen LogP contribution in [-0.4, -0.2) is 57.7 Å². The van der Waals surface area contributed by atoms with Crippen molar-refractivity contribution in [1.82, 2.24) is 19.8 Å². The number of methoxy groups -OCH3 is 1. The fourth-order valence-corrected chi connectivity index (χ4v) is 5.38. The Labute approximate surface area is 206 Å². The molecule has 2 aliphatic heterocycles. The summed E-state index contributed by atoms with van der Waals surface area (Å²) in [6.45, 7) is 3.44. The fraction of sp³-hybridized carbons (Fsp3) is 0.320. The van der Waals surface area contributed by atoms with Gasteiger partial charge in [-0.15, -0.1) is 0 Å². The highest BCUT2D eigenvalue weighted by atomic mass is 32.1. The number of pyridine rings is 1. The molecule has 3 amide bonds. The van der Waals surface area contributed by atoms with Gasteiger partial charge >= 0.3 is 0 Å². The molecule has 35 heavy (non-hydrogen) atoms. The zero-order valence-electron chi connectivity index (χ0n) is 19.5. The number of para-hydroxylation sites is 1. The van der Waals surface area contributed by atoms with E-state index in [-0.39, 0.29) is 24.3 Å². The van der Waals surface area contributed by atoms with Crippen LogP contribution in [-0.2, 0) is 22.7 Å². The van der Waals surface area contributed by atoms with E-state index in [1.807, 2.05) is 37.3 Å². The second-order valence-corrected chi connectivity index (χ2v) is 9.67. The third-order valence-corrected chi connectivity index (χ3v) is 7.20. The van der Waals surface area contributed by atoms with Crippen LogP contribution in [0.4, 0.5) is 5.13 Å². The zero-order valence-corrected chi connectivity index (χ0v) is 20.4. The van der Waals surface area contributed by atoms with Crippen LogP contribution in [0.1, 0.15) is 39.5 Å². The van der Waals surface area contributed by atoms with Crippen molar-refractivity contribution in [1.29, 1.82) is 0 Å². The van der Waals surface area contributed by atoms with E-state index in [1.165, 1.54) is 11.3 Å². The minimum atomic E-state index is -0.314. The number of fused-ring (bicyclic) bond motifs is 1. The molecular weight excluding hydrogens is 466 g/mol. The van der Waals surface area contributed by atoms with E-state index < -0.39 is 0 Å². The lowest BCUT2D eigenvalue weighted by molar-refractivity contribution is -0.138. The average molecular weight is 492 g/mol. The van der Waals surface area contributed by atoms with E-state index in [9.17, 15) is 14.4 Å². The van der Waals surface area contributed by atoms with E-state index in [2.05, 4.69) is 15.3 Å². The number of nitrogens with zero attached hydrogens (tertiary/aromatic N) is 4. The third-order valence-electron chi connectivity index (χ3n) is 6.21. The van der Waals surface area contributed by atoms with Gasteiger partial charge in [0.2, 0.25) is 11.8 Å². The molecule has 0 saturated carbocycles. The summed E-state index contributed by atoms with van der Waals surface area (Å²) < 4.78 is 5.49. The van der Waals surface area contributed by atoms with Gasteiger partial charge < -0.3 is 14.5 Å². The van der Waals surface area contributed by atoms with Crippen molar-refractivity contribution in [3.05, 3.63) is 58.4 Å². The predicted octanol–water partition coefficient (Wildman–Crippen LogP) is 3.24. The summed E-state index contributed by atoms with van der Waals surface area (Å²) >= 11 is 1.36. The number of nitrogens with one attached hydrogen (secondary N) is 1. The highest BCUT2D eigenvalue weighted by Crippen LogP contribution is 2.34. The highest BCUT2D eigenvalue weighted by Gasteiger charge is 2.31. The number of benzene rings is 1. The van der Waals surface area contributed by atoms with Crippen LogP contribution >= 0.6 is 11.3 Å². The van der Waals surface area contributed by atoms with E-state index in [1.54, 1.807) is 23.1 Å². The molecule has 9 nitrogen and oxygen atoms in total. The number of rotatable bonds is 6. The number of carbonyl (C=O) groups excluding carboxylic acids is 3. The Morgan fingerprint density at radius 3 is 2.77 bits per heavy atom. The van der Waals surface area contributed by atoms with Gasteiger partial charge in [-0.3, -0.25) is 24.7 Å². The maximum atomic E-state index is 13.2. The van der Waals surface area contributed by atoms with E-state index in [0.29, 0.717) is 42.5 Å². The monoisotopic (exact) mass is 491 g/mol. The van der Waals surface area contributed by atoms with Gasteiger partial charge in [0, 0.05) is 36.0 Å². The Kier molecular flexibility index (Phi) is 6.21. The molecule has 1 aromatic carbocycles. The molecule has 1 fully saturated rings. The van der Waals surface area contributed by atoms with Crippen LogP contribution in [0, 0.1) is 6.92 Å². The highest BCUT2D eigenvalue weighted by molar-refractivity contribution is 7.16. The van der Waals surface area contributed by atoms with Gasteiger partial charge in [-0.05, 0) is 25.5 Å². The van der Waals surface area contributed by atoms with Crippen LogP contribution in [0.25, 0.3) is 11.1 Å². The van der Waals surface area contributed by atoms with Crippen molar-refractivity contribution in [3.8, 4) is 16.9 Å². The Balaban J connectivity index is 1.30. The smallest absolute Gasteiger partial charge is 0.259 e. The summed E-state index contributed by atoms with van der Waals surface area (Å²) in [5.41, 5.74) is 3.51. The molecule has 4 heterocycles. The van der Waals surface area contributed by atoms with Gasteiger partial charge in [-0.25, -0.2) is 4.98 Å². The van der Waals surface area contributed by atoms with Crippen molar-refractivity contribution in [2.75, 3.05) is 25.5 Å². The lowest BCUT2D eigenvalue weighted by Gasteiger charge is -2.20. The van der Waals surface area contributed by atoms with Crippen LogP contribution in [0.15, 0.2) is 36.5 Å². The summed E-state index contributed by atoms with van der Waals surface area (Å²) in [4.78, 5) is 50.8. The Morgan fingerprint density at radius 1 is 1.20 bits per heavy atom. The summed E-state index contributed by atoms with van der Waals surface area (Å²) in [5.74, 6) is 0.309. The molecule has 10 heteroatoms. The number of hydrogen-bond acceptors (Lipinski definition) is 7. The van der Waals surface area contributed by atoms with Gasteiger partial charge in [0.25, 0.3) is 5.91 Å². The molecule has 2 aliphatic rings. The molecule has 1 saturated heterocycles. The van der Waals surface area contributed by atoms with E-state index >= 15 is 0 Å². The molecule has 0 radical (unpaired) electrons. The average Bonchev–Trinajstić information content (AvgIpc) is 3.54. The number of thiazole rings is 1. The maximum absolute atomic E-state index is 13.2. The topological polar surface area (TPSA) is 105 Å². The molecule has 5 rings (SSSR count). The Hall–Kier alpha value is -3.79. The number of anilines is 1. The third kappa shape index (κ3) is 4.61. The van der Waals surface area contributed by atoms with Gasteiger partial charge in [-0.1, -0.05) is 29.5 Å². The SMILES string of the molecule is COc1ccccc1-c1cc(C)ncc1C(=O)Nc1nc2c(s1)CN(C(=O)CN1CCCC1=O)C2. The molecule has 1 N–H and O–H groups in total. The first-order chi connectivity index (χ1) is 16.9. The minimum Gasteiger partial charge on any atom is -0.496 e. The number of ether oxygens (including phenoxy) is 1. The quantitative estimate of drug-likeness (QED) is 0.568. The lowest BCUT2D eigenvalue weighted by Crippen LogP contribution is -2.38.